The first-order valence-electron chi connectivity index (χ1n) is 6.80. The molecule has 0 radical (unpaired) electrons. The molecule has 0 aliphatic rings. The Bertz CT molecular complexity index is 581. The van der Waals surface area contributed by atoms with Crippen molar-refractivity contribution in [1.82, 2.24) is 20.2 Å². The minimum absolute atomic E-state index is 0.189. The Morgan fingerprint density at radius 2 is 2.10 bits per heavy atom. The second kappa shape index (κ2) is 5.90. The number of aromatic nitrogens is 4. The van der Waals surface area contributed by atoms with Crippen LogP contribution in [0, 0.1) is 5.92 Å². The van der Waals surface area contributed by atoms with Gasteiger partial charge in [0.2, 0.25) is 0 Å². The van der Waals surface area contributed by atoms with E-state index >= 15 is 0 Å². The molecule has 0 bridgehead atoms. The van der Waals surface area contributed by atoms with Crippen LogP contribution in [0.5, 0.6) is 5.75 Å². The quantitative estimate of drug-likeness (QED) is 0.848. The Morgan fingerprint density at radius 1 is 1.35 bits per heavy atom. The summed E-state index contributed by atoms with van der Waals surface area (Å²) in [5, 5.41) is 12.1. The standard InChI is InChI=1S/C14H21N5O/c1-5-9(2)10(3)19-14(16-17-18-19)13-11(15)7-6-8-12(13)20-4/h6-10H,5,15H2,1-4H3. The molecule has 1 heterocycles. The van der Waals surface area contributed by atoms with Crippen LogP contribution in [0.3, 0.4) is 0 Å². The van der Waals surface area contributed by atoms with Gasteiger partial charge in [-0.05, 0) is 35.4 Å². The van der Waals surface area contributed by atoms with Crippen molar-refractivity contribution >= 4 is 5.69 Å². The van der Waals surface area contributed by atoms with Crippen LogP contribution in [0.2, 0.25) is 0 Å². The van der Waals surface area contributed by atoms with Crippen molar-refractivity contribution in [2.24, 2.45) is 5.92 Å². The number of ether oxygens (including phenoxy) is 1. The van der Waals surface area contributed by atoms with Crippen LogP contribution < -0.4 is 10.5 Å². The van der Waals surface area contributed by atoms with Crippen LogP contribution in [0.4, 0.5) is 5.69 Å². The van der Waals surface area contributed by atoms with Crippen LogP contribution >= 0.6 is 0 Å². The predicted molar refractivity (Wildman–Crippen MR) is 78.4 cm³/mol. The lowest BCUT2D eigenvalue weighted by Gasteiger charge is -2.20. The highest BCUT2D eigenvalue weighted by atomic mass is 16.5. The van der Waals surface area contributed by atoms with Gasteiger partial charge in [0, 0.05) is 5.69 Å². The van der Waals surface area contributed by atoms with Gasteiger partial charge in [-0.1, -0.05) is 26.3 Å². The number of nitrogen functional groups attached to an aromatic ring is 1. The smallest absolute Gasteiger partial charge is 0.188 e. The largest absolute Gasteiger partial charge is 0.496 e. The summed E-state index contributed by atoms with van der Waals surface area (Å²) < 4.78 is 7.20. The molecule has 0 saturated heterocycles. The first-order chi connectivity index (χ1) is 9.60. The molecule has 6 nitrogen and oxygen atoms in total. The molecule has 1 aromatic heterocycles. The van der Waals surface area contributed by atoms with Gasteiger partial charge >= 0.3 is 0 Å². The topological polar surface area (TPSA) is 78.9 Å². The van der Waals surface area contributed by atoms with Crippen LogP contribution in [0.15, 0.2) is 18.2 Å². The lowest BCUT2D eigenvalue weighted by molar-refractivity contribution is 0.339. The molecular formula is C14H21N5O. The molecule has 20 heavy (non-hydrogen) atoms. The van der Waals surface area contributed by atoms with E-state index in [0.717, 1.165) is 12.0 Å². The first kappa shape index (κ1) is 14.3. The van der Waals surface area contributed by atoms with Gasteiger partial charge in [0.25, 0.3) is 0 Å². The minimum Gasteiger partial charge on any atom is -0.496 e. The van der Waals surface area contributed by atoms with Crippen molar-refractivity contribution in [1.29, 1.82) is 0 Å². The maximum Gasteiger partial charge on any atom is 0.188 e. The van der Waals surface area contributed by atoms with Gasteiger partial charge < -0.3 is 10.5 Å². The number of hydrogen-bond donors (Lipinski definition) is 1. The van der Waals surface area contributed by atoms with Gasteiger partial charge in [0.05, 0.1) is 18.7 Å². The first-order valence-corrected chi connectivity index (χ1v) is 6.80. The zero-order valence-corrected chi connectivity index (χ0v) is 12.4. The summed E-state index contributed by atoms with van der Waals surface area (Å²) in [5.74, 6) is 1.79. The molecule has 2 N–H and O–H groups in total. The van der Waals surface area contributed by atoms with E-state index in [2.05, 4.69) is 36.3 Å². The summed E-state index contributed by atoms with van der Waals surface area (Å²) in [6.45, 7) is 6.45. The Kier molecular flexibility index (Phi) is 4.22. The molecule has 0 saturated carbocycles. The van der Waals surface area contributed by atoms with Crippen molar-refractivity contribution in [3.63, 3.8) is 0 Å². The summed E-state index contributed by atoms with van der Waals surface area (Å²) in [6.07, 6.45) is 1.06. The van der Waals surface area contributed by atoms with Crippen molar-refractivity contribution in [2.75, 3.05) is 12.8 Å². The van der Waals surface area contributed by atoms with Gasteiger partial charge in [-0.15, -0.1) is 5.10 Å². The number of nitrogens with two attached hydrogens (primary N) is 1. The van der Waals surface area contributed by atoms with E-state index in [-0.39, 0.29) is 6.04 Å². The summed E-state index contributed by atoms with van der Waals surface area (Å²) >= 11 is 0. The summed E-state index contributed by atoms with van der Waals surface area (Å²) in [6, 6.07) is 5.72. The number of nitrogens with zero attached hydrogens (tertiary/aromatic N) is 4. The lowest BCUT2D eigenvalue weighted by atomic mass is 10.0. The zero-order valence-electron chi connectivity index (χ0n) is 12.4. The normalized spacial score (nSPS) is 14.0. The van der Waals surface area contributed by atoms with E-state index in [1.54, 1.807) is 7.11 Å². The van der Waals surface area contributed by atoms with E-state index in [1.807, 2.05) is 22.9 Å². The van der Waals surface area contributed by atoms with Gasteiger partial charge in [-0.2, -0.15) is 0 Å². The fourth-order valence-corrected chi connectivity index (χ4v) is 2.17. The molecule has 0 amide bonds. The molecule has 0 spiro atoms. The Balaban J connectivity index is 2.53. The number of anilines is 1. The molecule has 108 valence electrons. The van der Waals surface area contributed by atoms with Crippen LogP contribution in [-0.2, 0) is 0 Å². The maximum absolute atomic E-state index is 6.08. The maximum atomic E-state index is 6.08. The third-order valence-corrected chi connectivity index (χ3v) is 3.85. The lowest BCUT2D eigenvalue weighted by Crippen LogP contribution is -2.16. The summed E-state index contributed by atoms with van der Waals surface area (Å²) in [7, 11) is 1.62. The van der Waals surface area contributed by atoms with Crippen molar-refractivity contribution in [3.05, 3.63) is 18.2 Å². The Hall–Kier alpha value is -2.11. The highest BCUT2D eigenvalue weighted by molar-refractivity contribution is 5.77. The van der Waals surface area contributed by atoms with Gasteiger partial charge in [0.15, 0.2) is 5.82 Å². The SMILES string of the molecule is CCC(C)C(C)n1nnnc1-c1c(N)cccc1OC. The zero-order chi connectivity index (χ0) is 14.7. The monoisotopic (exact) mass is 275 g/mol. The molecule has 0 aliphatic heterocycles. The number of hydrogen-bond acceptors (Lipinski definition) is 5. The molecular weight excluding hydrogens is 254 g/mol. The van der Waals surface area contributed by atoms with Crippen molar-refractivity contribution < 1.29 is 4.74 Å². The molecule has 2 rings (SSSR count). The van der Waals surface area contributed by atoms with E-state index < -0.39 is 0 Å². The minimum atomic E-state index is 0.189. The third-order valence-electron chi connectivity index (χ3n) is 3.85. The van der Waals surface area contributed by atoms with Gasteiger partial charge in [-0.25, -0.2) is 4.68 Å². The molecule has 6 heteroatoms. The molecule has 2 aromatic rings. The highest BCUT2D eigenvalue weighted by Gasteiger charge is 2.22. The molecule has 1 aromatic carbocycles. The average Bonchev–Trinajstić information content (AvgIpc) is 2.94. The predicted octanol–water partition coefficient (Wildman–Crippen LogP) is 2.54. The fourth-order valence-electron chi connectivity index (χ4n) is 2.17. The van der Waals surface area contributed by atoms with Gasteiger partial charge in [0.1, 0.15) is 5.75 Å². The second-order valence-electron chi connectivity index (χ2n) is 5.00. The summed E-state index contributed by atoms with van der Waals surface area (Å²) in [4.78, 5) is 0. The number of tetrazole rings is 1. The molecule has 2 unspecified atom stereocenters. The van der Waals surface area contributed by atoms with Crippen molar-refractivity contribution in [2.45, 2.75) is 33.2 Å². The van der Waals surface area contributed by atoms with Gasteiger partial charge in [-0.3, -0.25) is 0 Å². The third kappa shape index (κ3) is 2.45. The molecule has 0 aliphatic carbocycles. The summed E-state index contributed by atoms with van der Waals surface area (Å²) in [5.41, 5.74) is 7.43. The van der Waals surface area contributed by atoms with E-state index in [4.69, 9.17) is 10.5 Å². The highest BCUT2D eigenvalue weighted by Crippen LogP contribution is 2.35. The van der Waals surface area contributed by atoms with Crippen LogP contribution in [0.25, 0.3) is 11.4 Å². The van der Waals surface area contributed by atoms with Crippen LogP contribution in [-0.4, -0.2) is 27.3 Å². The fraction of sp³-hybridized carbons (Fsp3) is 0.500. The number of methoxy groups -OCH3 is 1. The van der Waals surface area contributed by atoms with E-state index in [9.17, 15) is 0 Å². The van der Waals surface area contributed by atoms with E-state index in [0.29, 0.717) is 23.2 Å². The van der Waals surface area contributed by atoms with Crippen LogP contribution in [0.1, 0.15) is 33.2 Å². The number of benzene rings is 1. The molecule has 0 fully saturated rings. The second-order valence-corrected chi connectivity index (χ2v) is 5.00. The molecule has 2 atom stereocenters. The Morgan fingerprint density at radius 3 is 2.75 bits per heavy atom. The average molecular weight is 275 g/mol. The van der Waals surface area contributed by atoms with Crippen molar-refractivity contribution in [3.8, 4) is 17.1 Å². The Labute approximate surface area is 118 Å². The number of rotatable bonds is 5. The van der Waals surface area contributed by atoms with E-state index in [1.165, 1.54) is 0 Å².